The molecule has 1 aliphatic rings. The van der Waals surface area contributed by atoms with Gasteiger partial charge in [-0.3, -0.25) is 19.2 Å². The molecule has 4 N–H and O–H groups in total. The third kappa shape index (κ3) is 7.37. The van der Waals surface area contributed by atoms with Crippen molar-refractivity contribution in [1.82, 2.24) is 20.4 Å². The number of aromatic nitrogens is 2. The molecule has 3 rings (SSSR count). The molecule has 168 valence electrons. The van der Waals surface area contributed by atoms with Crippen LogP contribution in [-0.2, 0) is 27.5 Å². The summed E-state index contributed by atoms with van der Waals surface area (Å²) in [5, 5.41) is 26.6. The molecule has 2 amide bonds. The highest BCUT2D eigenvalue weighted by molar-refractivity contribution is 5.79. The molecule has 1 fully saturated rings. The minimum absolute atomic E-state index is 0.107. The lowest BCUT2D eigenvalue weighted by Crippen LogP contribution is -2.50. The second-order valence-electron chi connectivity index (χ2n) is 7.17. The lowest BCUT2D eigenvalue weighted by atomic mass is 9.83. The first kappa shape index (κ1) is 23.8. The number of hydrogen-bond acceptors (Lipinski definition) is 7. The lowest BCUT2D eigenvalue weighted by molar-refractivity contribution is -0.128. The van der Waals surface area contributed by atoms with Crippen LogP contribution in [0.5, 0.6) is 0 Å². The van der Waals surface area contributed by atoms with Crippen LogP contribution in [0.4, 0.5) is 0 Å². The second-order valence-corrected chi connectivity index (χ2v) is 7.17. The van der Waals surface area contributed by atoms with Gasteiger partial charge in [0.15, 0.2) is 0 Å². The fourth-order valence-corrected chi connectivity index (χ4v) is 3.37. The molecule has 2 aromatic rings. The van der Waals surface area contributed by atoms with Gasteiger partial charge in [-0.25, -0.2) is 0 Å². The zero-order chi connectivity index (χ0) is 22.8. The lowest BCUT2D eigenvalue weighted by Gasteiger charge is -2.33. The molecule has 0 aromatic carbocycles. The number of carbonyl (C=O) groups excluding carboxylic acids is 2. The van der Waals surface area contributed by atoms with E-state index in [0.717, 1.165) is 0 Å². The average molecular weight is 434 g/mol. The Morgan fingerprint density at radius 1 is 1.35 bits per heavy atom. The number of rotatable bonds is 6. The van der Waals surface area contributed by atoms with E-state index in [9.17, 15) is 19.5 Å². The molecule has 11 nitrogen and oxygen atoms in total. The second kappa shape index (κ2) is 11.6. The molecule has 0 unspecified atom stereocenters. The van der Waals surface area contributed by atoms with Crippen molar-refractivity contribution in [2.45, 2.75) is 51.4 Å². The number of pyridine rings is 1. The fourth-order valence-electron chi connectivity index (χ4n) is 3.37. The quantitative estimate of drug-likeness (QED) is 0.454. The topological polar surface area (TPSA) is 164 Å². The molecule has 2 aromatic heterocycles. The van der Waals surface area contributed by atoms with Crippen molar-refractivity contribution in [3.05, 3.63) is 52.3 Å². The number of aliphatic hydroxyl groups is 1. The average Bonchev–Trinajstić information content (AvgIpc) is 3.15. The van der Waals surface area contributed by atoms with Gasteiger partial charge < -0.3 is 29.9 Å². The summed E-state index contributed by atoms with van der Waals surface area (Å²) < 4.78 is 6.26. The summed E-state index contributed by atoms with van der Waals surface area (Å²) in [6.45, 7) is 1.69. The van der Waals surface area contributed by atoms with Crippen molar-refractivity contribution in [3.8, 4) is 0 Å². The molecule has 1 saturated carbocycles. The molecule has 1 aliphatic carbocycles. The first-order valence-electron chi connectivity index (χ1n) is 9.74. The molecule has 0 spiro atoms. The van der Waals surface area contributed by atoms with Gasteiger partial charge in [0, 0.05) is 24.2 Å². The van der Waals surface area contributed by atoms with Gasteiger partial charge in [0.2, 0.25) is 11.8 Å². The molecular weight excluding hydrogens is 408 g/mol. The third-order valence-corrected chi connectivity index (χ3v) is 4.87. The number of aliphatic hydroxyl groups excluding tert-OH is 1. The van der Waals surface area contributed by atoms with Crippen LogP contribution in [0.15, 0.2) is 39.8 Å². The SMILES string of the molecule is Cc1cc(CNC(=O)[C@H]2CC[C@H](NC(=O)Cn3ccccc3=O)[C@@H](O)C2)no1.O=CO. The molecule has 0 bridgehead atoms. The maximum absolute atomic E-state index is 12.3. The number of nitrogens with zero attached hydrogens (tertiary/aromatic N) is 2. The van der Waals surface area contributed by atoms with Gasteiger partial charge in [0.25, 0.3) is 12.0 Å². The zero-order valence-corrected chi connectivity index (χ0v) is 17.1. The Bertz CT molecular complexity index is 939. The molecule has 3 atom stereocenters. The van der Waals surface area contributed by atoms with Crippen molar-refractivity contribution in [2.75, 3.05) is 0 Å². The van der Waals surface area contributed by atoms with Crippen LogP contribution in [0.2, 0.25) is 0 Å². The monoisotopic (exact) mass is 434 g/mol. The highest BCUT2D eigenvalue weighted by Gasteiger charge is 2.33. The Morgan fingerprint density at radius 3 is 2.71 bits per heavy atom. The molecule has 11 heteroatoms. The highest BCUT2D eigenvalue weighted by atomic mass is 16.5. The van der Waals surface area contributed by atoms with Crippen LogP contribution in [0, 0.1) is 12.8 Å². The summed E-state index contributed by atoms with van der Waals surface area (Å²) in [4.78, 5) is 44.5. The first-order chi connectivity index (χ1) is 14.8. The van der Waals surface area contributed by atoms with Crippen LogP contribution in [-0.4, -0.2) is 50.4 Å². The standard InChI is InChI=1S/C19H24N4O5.CH2O2/c1-12-8-14(22-28-12)10-20-19(27)13-5-6-15(16(24)9-13)21-17(25)11-23-7-3-2-4-18(23)26;2-1-3/h2-4,7-8,13,15-16,24H,5-6,9-11H2,1H3,(H,20,27)(H,21,25);1H,(H,2,3)/t13-,15-,16-;/m0./s1. The Balaban J connectivity index is 0.00000107. The van der Waals surface area contributed by atoms with Crippen LogP contribution >= 0.6 is 0 Å². The maximum Gasteiger partial charge on any atom is 0.290 e. The van der Waals surface area contributed by atoms with E-state index in [4.69, 9.17) is 14.4 Å². The van der Waals surface area contributed by atoms with Gasteiger partial charge >= 0.3 is 0 Å². The van der Waals surface area contributed by atoms with Gasteiger partial charge in [-0.2, -0.15) is 0 Å². The Kier molecular flexibility index (Phi) is 8.94. The van der Waals surface area contributed by atoms with E-state index in [1.165, 1.54) is 16.8 Å². The number of hydrogen-bond donors (Lipinski definition) is 4. The van der Waals surface area contributed by atoms with E-state index in [0.29, 0.717) is 24.3 Å². The fraction of sp³-hybridized carbons (Fsp3) is 0.450. The number of aryl methyl sites for hydroxylation is 1. The predicted octanol–water partition coefficient (Wildman–Crippen LogP) is -0.192. The zero-order valence-electron chi connectivity index (χ0n) is 17.1. The molecule has 0 saturated heterocycles. The van der Waals surface area contributed by atoms with Crippen LogP contribution in [0.1, 0.15) is 30.7 Å². The van der Waals surface area contributed by atoms with Gasteiger partial charge in [-0.15, -0.1) is 0 Å². The summed E-state index contributed by atoms with van der Waals surface area (Å²) in [7, 11) is 0. The summed E-state index contributed by atoms with van der Waals surface area (Å²) in [6, 6.07) is 5.98. The minimum Gasteiger partial charge on any atom is -0.483 e. The summed E-state index contributed by atoms with van der Waals surface area (Å²) in [5.41, 5.74) is 0.379. The van der Waals surface area contributed by atoms with Crippen molar-refractivity contribution >= 4 is 18.3 Å². The largest absolute Gasteiger partial charge is 0.483 e. The maximum atomic E-state index is 12.3. The van der Waals surface area contributed by atoms with E-state index < -0.39 is 12.1 Å². The van der Waals surface area contributed by atoms with E-state index in [2.05, 4.69) is 15.8 Å². The molecular formula is C20H26N4O7. The Morgan fingerprint density at radius 2 is 2.10 bits per heavy atom. The first-order valence-corrected chi connectivity index (χ1v) is 9.74. The van der Waals surface area contributed by atoms with Crippen molar-refractivity contribution < 1.29 is 29.1 Å². The number of carboxylic acid groups (broad SMARTS) is 1. The molecule has 0 radical (unpaired) electrons. The Labute approximate surface area is 178 Å². The number of carbonyl (C=O) groups is 3. The van der Waals surface area contributed by atoms with Gasteiger partial charge in [-0.05, 0) is 32.3 Å². The number of nitrogens with one attached hydrogen (secondary N) is 2. The normalized spacial score (nSPS) is 20.1. The Hall–Kier alpha value is -3.47. The van der Waals surface area contributed by atoms with Crippen LogP contribution < -0.4 is 16.2 Å². The van der Waals surface area contributed by atoms with Gasteiger partial charge in [0.05, 0.1) is 18.7 Å². The van der Waals surface area contributed by atoms with E-state index in [1.807, 2.05) is 0 Å². The third-order valence-electron chi connectivity index (χ3n) is 4.87. The van der Waals surface area contributed by atoms with E-state index >= 15 is 0 Å². The smallest absolute Gasteiger partial charge is 0.290 e. The predicted molar refractivity (Wildman–Crippen MR) is 108 cm³/mol. The van der Waals surface area contributed by atoms with Crippen LogP contribution in [0.3, 0.4) is 0 Å². The summed E-state index contributed by atoms with van der Waals surface area (Å²) in [5.74, 6) is -0.149. The van der Waals surface area contributed by atoms with Gasteiger partial charge in [-0.1, -0.05) is 11.2 Å². The minimum atomic E-state index is -0.824. The van der Waals surface area contributed by atoms with E-state index in [-0.39, 0.29) is 49.3 Å². The van der Waals surface area contributed by atoms with Gasteiger partial charge in [0.1, 0.15) is 18.0 Å². The molecule has 2 heterocycles. The molecule has 0 aliphatic heterocycles. The van der Waals surface area contributed by atoms with Crippen molar-refractivity contribution in [3.63, 3.8) is 0 Å². The van der Waals surface area contributed by atoms with Crippen molar-refractivity contribution in [1.29, 1.82) is 0 Å². The van der Waals surface area contributed by atoms with Crippen molar-refractivity contribution in [2.24, 2.45) is 5.92 Å². The van der Waals surface area contributed by atoms with E-state index in [1.54, 1.807) is 25.1 Å². The summed E-state index contributed by atoms with van der Waals surface area (Å²) in [6.07, 6.45) is 2.01. The van der Waals surface area contributed by atoms with Crippen LogP contribution in [0.25, 0.3) is 0 Å². The molecule has 31 heavy (non-hydrogen) atoms. The summed E-state index contributed by atoms with van der Waals surface area (Å²) >= 11 is 0. The number of amides is 2. The highest BCUT2D eigenvalue weighted by Crippen LogP contribution is 2.25.